The smallest absolute Gasteiger partial charge is 0.307 e. The van der Waals surface area contributed by atoms with E-state index in [1.807, 2.05) is 0 Å². The van der Waals surface area contributed by atoms with E-state index in [9.17, 15) is 13.2 Å². The van der Waals surface area contributed by atoms with Crippen molar-refractivity contribution >= 4 is 16.0 Å². The number of ether oxygens (including phenoxy) is 1. The van der Waals surface area contributed by atoms with Gasteiger partial charge < -0.3 is 9.84 Å². The molecule has 1 N–H and O–H groups in total. The van der Waals surface area contributed by atoms with Gasteiger partial charge in [0.2, 0.25) is 10.0 Å². The van der Waals surface area contributed by atoms with Crippen molar-refractivity contribution in [3.63, 3.8) is 0 Å². The molecule has 0 saturated heterocycles. The first-order valence-electron chi connectivity index (χ1n) is 6.77. The second-order valence-corrected chi connectivity index (χ2v) is 7.29. The summed E-state index contributed by atoms with van der Waals surface area (Å²) in [4.78, 5) is 11.0. The van der Waals surface area contributed by atoms with E-state index < -0.39 is 21.9 Å². The van der Waals surface area contributed by atoms with Crippen LogP contribution in [0.5, 0.6) is 5.75 Å². The zero-order valence-electron chi connectivity index (χ0n) is 12.1. The van der Waals surface area contributed by atoms with E-state index >= 15 is 0 Å². The molecule has 1 aliphatic rings. The highest BCUT2D eigenvalue weighted by Gasteiger charge is 2.26. The predicted octanol–water partition coefficient (Wildman–Crippen LogP) is 1.35. The first-order chi connectivity index (χ1) is 9.82. The summed E-state index contributed by atoms with van der Waals surface area (Å²) in [6.07, 6.45) is 1.65. The summed E-state index contributed by atoms with van der Waals surface area (Å²) in [5.74, 6) is -1.05. The van der Waals surface area contributed by atoms with Crippen LogP contribution in [0.4, 0.5) is 0 Å². The molecule has 7 heteroatoms. The standard InChI is InChI=1S/C14H19NO5S/c1-10(14(16)17)9-15(2)21(18,19)12-5-6-13-11(8-12)4-3-7-20-13/h5-6,8,10H,3-4,7,9H2,1-2H3,(H,16,17). The van der Waals surface area contributed by atoms with Gasteiger partial charge in [0.1, 0.15) is 5.75 Å². The molecule has 6 nitrogen and oxygen atoms in total. The fraction of sp³-hybridized carbons (Fsp3) is 0.500. The second-order valence-electron chi connectivity index (χ2n) is 5.25. The van der Waals surface area contributed by atoms with Crippen molar-refractivity contribution in [3.8, 4) is 5.75 Å². The van der Waals surface area contributed by atoms with Crippen molar-refractivity contribution in [1.82, 2.24) is 4.31 Å². The van der Waals surface area contributed by atoms with Gasteiger partial charge in [-0.15, -0.1) is 0 Å². The number of hydrogen-bond donors (Lipinski definition) is 1. The van der Waals surface area contributed by atoms with E-state index in [4.69, 9.17) is 9.84 Å². The first-order valence-corrected chi connectivity index (χ1v) is 8.21. The lowest BCUT2D eigenvalue weighted by Crippen LogP contribution is -2.33. The summed E-state index contributed by atoms with van der Waals surface area (Å²) in [5.41, 5.74) is 0.877. The monoisotopic (exact) mass is 313 g/mol. The molecule has 1 aliphatic heterocycles. The normalized spacial score (nSPS) is 16.1. The third-order valence-corrected chi connectivity index (χ3v) is 5.36. The largest absolute Gasteiger partial charge is 0.493 e. The maximum Gasteiger partial charge on any atom is 0.307 e. The van der Waals surface area contributed by atoms with Crippen molar-refractivity contribution < 1.29 is 23.1 Å². The first kappa shape index (κ1) is 15.8. The number of rotatable bonds is 5. The number of nitrogens with zero attached hydrogens (tertiary/aromatic N) is 1. The minimum atomic E-state index is -3.69. The van der Waals surface area contributed by atoms with Gasteiger partial charge in [0.25, 0.3) is 0 Å². The molecule has 1 heterocycles. The molecule has 0 radical (unpaired) electrons. The summed E-state index contributed by atoms with van der Waals surface area (Å²) in [7, 11) is -2.29. The van der Waals surface area contributed by atoms with Crippen LogP contribution in [0.3, 0.4) is 0 Å². The summed E-state index contributed by atoms with van der Waals surface area (Å²) < 4.78 is 31.5. The zero-order valence-corrected chi connectivity index (χ0v) is 12.9. The zero-order chi connectivity index (χ0) is 15.6. The highest BCUT2D eigenvalue weighted by atomic mass is 32.2. The van der Waals surface area contributed by atoms with Gasteiger partial charge in [-0.2, -0.15) is 0 Å². The van der Waals surface area contributed by atoms with Crippen LogP contribution < -0.4 is 4.74 Å². The fourth-order valence-electron chi connectivity index (χ4n) is 2.24. The Morgan fingerprint density at radius 3 is 2.86 bits per heavy atom. The van der Waals surface area contributed by atoms with Crippen molar-refractivity contribution in [2.45, 2.75) is 24.7 Å². The lowest BCUT2D eigenvalue weighted by atomic mass is 10.1. The molecule has 0 spiro atoms. The lowest BCUT2D eigenvalue weighted by molar-refractivity contribution is -0.141. The van der Waals surface area contributed by atoms with Gasteiger partial charge in [0.05, 0.1) is 17.4 Å². The average Bonchev–Trinajstić information content (AvgIpc) is 2.46. The van der Waals surface area contributed by atoms with E-state index in [0.29, 0.717) is 6.61 Å². The molecule has 0 fully saturated rings. The molecule has 21 heavy (non-hydrogen) atoms. The summed E-state index contributed by atoms with van der Waals surface area (Å²) in [5, 5.41) is 8.89. The van der Waals surface area contributed by atoms with Gasteiger partial charge in [-0.25, -0.2) is 12.7 Å². The highest BCUT2D eigenvalue weighted by Crippen LogP contribution is 2.28. The Morgan fingerprint density at radius 1 is 1.48 bits per heavy atom. The van der Waals surface area contributed by atoms with Crippen LogP contribution in [0.15, 0.2) is 23.1 Å². The van der Waals surface area contributed by atoms with Gasteiger partial charge >= 0.3 is 5.97 Å². The number of fused-ring (bicyclic) bond motifs is 1. The highest BCUT2D eigenvalue weighted by molar-refractivity contribution is 7.89. The molecule has 0 aromatic heterocycles. The van der Waals surface area contributed by atoms with E-state index in [0.717, 1.165) is 28.5 Å². The van der Waals surface area contributed by atoms with Gasteiger partial charge in [-0.3, -0.25) is 4.79 Å². The van der Waals surface area contributed by atoms with Crippen LogP contribution in [0.25, 0.3) is 0 Å². The summed E-state index contributed by atoms with van der Waals surface area (Å²) in [6.45, 7) is 2.06. The molecule has 1 aromatic rings. The molecule has 1 unspecified atom stereocenters. The minimum absolute atomic E-state index is 0.0642. The quantitative estimate of drug-likeness (QED) is 0.887. The molecule has 0 saturated carbocycles. The van der Waals surface area contributed by atoms with Crippen LogP contribution in [-0.4, -0.2) is 44.0 Å². The molecular weight excluding hydrogens is 294 g/mol. The maximum atomic E-state index is 12.5. The number of aliphatic carboxylic acids is 1. The van der Waals surface area contributed by atoms with Crippen molar-refractivity contribution in [1.29, 1.82) is 0 Å². The second kappa shape index (κ2) is 6.03. The molecule has 0 amide bonds. The molecule has 0 bridgehead atoms. The van der Waals surface area contributed by atoms with E-state index in [2.05, 4.69) is 0 Å². The number of aryl methyl sites for hydroxylation is 1. The maximum absolute atomic E-state index is 12.5. The van der Waals surface area contributed by atoms with Crippen LogP contribution in [-0.2, 0) is 21.2 Å². The Bertz CT molecular complexity index is 641. The van der Waals surface area contributed by atoms with Crippen molar-refractivity contribution in [2.75, 3.05) is 20.2 Å². The van der Waals surface area contributed by atoms with E-state index in [-0.39, 0.29) is 11.4 Å². The third kappa shape index (κ3) is 3.36. The molecule has 1 atom stereocenters. The van der Waals surface area contributed by atoms with E-state index in [1.165, 1.54) is 20.0 Å². The van der Waals surface area contributed by atoms with Crippen LogP contribution in [0.2, 0.25) is 0 Å². The topological polar surface area (TPSA) is 83.9 Å². The number of carboxylic acid groups (broad SMARTS) is 1. The molecule has 2 rings (SSSR count). The fourth-order valence-corrected chi connectivity index (χ4v) is 3.55. The summed E-state index contributed by atoms with van der Waals surface area (Å²) in [6, 6.07) is 4.78. The van der Waals surface area contributed by atoms with Crippen LogP contribution in [0.1, 0.15) is 18.9 Å². The minimum Gasteiger partial charge on any atom is -0.493 e. The van der Waals surface area contributed by atoms with Gasteiger partial charge in [-0.1, -0.05) is 6.92 Å². The molecular formula is C14H19NO5S. The average molecular weight is 313 g/mol. The van der Waals surface area contributed by atoms with Gasteiger partial charge in [-0.05, 0) is 36.6 Å². The van der Waals surface area contributed by atoms with Crippen molar-refractivity contribution in [2.24, 2.45) is 5.92 Å². The third-order valence-electron chi connectivity index (χ3n) is 3.54. The molecule has 1 aromatic carbocycles. The Hall–Kier alpha value is -1.60. The van der Waals surface area contributed by atoms with Crippen LogP contribution >= 0.6 is 0 Å². The van der Waals surface area contributed by atoms with Crippen molar-refractivity contribution in [3.05, 3.63) is 23.8 Å². The Labute approximate surface area is 124 Å². The van der Waals surface area contributed by atoms with Gasteiger partial charge in [0, 0.05) is 13.6 Å². The Kier molecular flexibility index (Phi) is 4.53. The van der Waals surface area contributed by atoms with E-state index in [1.54, 1.807) is 12.1 Å². The Morgan fingerprint density at radius 2 is 2.19 bits per heavy atom. The SMILES string of the molecule is CC(CN(C)S(=O)(=O)c1ccc2c(c1)CCCO2)C(=O)O. The number of sulfonamides is 1. The number of carboxylic acids is 1. The summed E-state index contributed by atoms with van der Waals surface area (Å²) >= 11 is 0. The number of carbonyl (C=O) groups is 1. The lowest BCUT2D eigenvalue weighted by Gasteiger charge is -2.21. The van der Waals surface area contributed by atoms with Gasteiger partial charge in [0.15, 0.2) is 0 Å². The Balaban J connectivity index is 2.24. The number of hydrogen-bond acceptors (Lipinski definition) is 4. The predicted molar refractivity (Wildman–Crippen MR) is 76.9 cm³/mol. The number of benzene rings is 1. The molecule has 116 valence electrons. The molecule has 0 aliphatic carbocycles. The van der Waals surface area contributed by atoms with Crippen LogP contribution in [0, 0.1) is 5.92 Å².